The number of piperidine rings is 1. The van der Waals surface area contributed by atoms with Crippen LogP contribution in [0.4, 0.5) is 4.79 Å². The molecule has 0 spiro atoms. The van der Waals surface area contributed by atoms with Gasteiger partial charge in [-0.1, -0.05) is 0 Å². The van der Waals surface area contributed by atoms with Crippen LogP contribution in [0.15, 0.2) is 0 Å². The molecule has 1 saturated heterocycles. The molecule has 7 heteroatoms. The van der Waals surface area contributed by atoms with Gasteiger partial charge in [0.1, 0.15) is 0 Å². The molecule has 1 aliphatic heterocycles. The van der Waals surface area contributed by atoms with E-state index >= 15 is 0 Å². The summed E-state index contributed by atoms with van der Waals surface area (Å²) in [6.45, 7) is 10.4. The molecular weight excluding hydrogens is 298 g/mol. The van der Waals surface area contributed by atoms with Gasteiger partial charge in [-0.15, -0.1) is 0 Å². The summed E-state index contributed by atoms with van der Waals surface area (Å²) in [7, 11) is 0. The normalized spacial score (nSPS) is 16.0. The first-order chi connectivity index (χ1) is 10.6. The second kappa shape index (κ2) is 8.17. The molecule has 23 heavy (non-hydrogen) atoms. The van der Waals surface area contributed by atoms with Crippen LogP contribution in [0.2, 0.25) is 0 Å². The number of hydrogen-bond acceptors (Lipinski definition) is 4. The summed E-state index contributed by atoms with van der Waals surface area (Å²) in [4.78, 5) is 38.9. The Morgan fingerprint density at radius 2 is 1.78 bits per heavy atom. The number of likely N-dealkylation sites (tertiary alicyclic amines) is 1. The van der Waals surface area contributed by atoms with E-state index in [1.54, 1.807) is 16.7 Å². The minimum Gasteiger partial charge on any atom is -0.450 e. The molecule has 0 aromatic heterocycles. The Balaban J connectivity index is 2.58. The van der Waals surface area contributed by atoms with Crippen LogP contribution >= 0.6 is 0 Å². The maximum atomic E-state index is 12.1. The lowest BCUT2D eigenvalue weighted by Crippen LogP contribution is -2.53. The summed E-state index contributed by atoms with van der Waals surface area (Å²) >= 11 is 0. The highest BCUT2D eigenvalue weighted by Gasteiger charge is 2.30. The van der Waals surface area contributed by atoms with Crippen LogP contribution in [-0.4, -0.2) is 65.5 Å². The Morgan fingerprint density at radius 1 is 1.22 bits per heavy atom. The van der Waals surface area contributed by atoms with Crippen LogP contribution in [0.3, 0.4) is 0 Å². The first-order valence-electron chi connectivity index (χ1n) is 8.14. The third-order valence-corrected chi connectivity index (χ3v) is 3.66. The van der Waals surface area contributed by atoms with Gasteiger partial charge in [0.15, 0.2) is 0 Å². The molecule has 1 rings (SSSR count). The van der Waals surface area contributed by atoms with Gasteiger partial charge in [0, 0.05) is 31.6 Å². The van der Waals surface area contributed by atoms with Crippen LogP contribution in [0.25, 0.3) is 0 Å². The van der Waals surface area contributed by atoms with E-state index in [0.717, 1.165) is 0 Å². The van der Waals surface area contributed by atoms with Gasteiger partial charge in [0.2, 0.25) is 11.8 Å². The molecule has 1 heterocycles. The summed E-state index contributed by atoms with van der Waals surface area (Å²) < 4.78 is 4.99. The zero-order valence-corrected chi connectivity index (χ0v) is 14.8. The zero-order chi connectivity index (χ0) is 17.6. The molecule has 0 aromatic rings. The van der Waals surface area contributed by atoms with E-state index < -0.39 is 0 Å². The molecule has 0 atom stereocenters. The van der Waals surface area contributed by atoms with Gasteiger partial charge in [0.05, 0.1) is 13.2 Å². The smallest absolute Gasteiger partial charge is 0.409 e. The van der Waals surface area contributed by atoms with Gasteiger partial charge in [-0.3, -0.25) is 9.59 Å². The molecule has 1 fully saturated rings. The number of rotatable bonds is 4. The molecule has 0 radical (unpaired) electrons. The van der Waals surface area contributed by atoms with E-state index in [0.29, 0.717) is 32.5 Å². The molecule has 132 valence electrons. The van der Waals surface area contributed by atoms with Crippen LogP contribution in [0.5, 0.6) is 0 Å². The Labute approximate surface area is 138 Å². The van der Waals surface area contributed by atoms with Crippen LogP contribution in [0.1, 0.15) is 47.5 Å². The van der Waals surface area contributed by atoms with Crippen molar-refractivity contribution in [1.29, 1.82) is 0 Å². The van der Waals surface area contributed by atoms with E-state index in [-0.39, 0.29) is 36.0 Å². The van der Waals surface area contributed by atoms with Crippen LogP contribution in [0, 0.1) is 0 Å². The zero-order valence-electron chi connectivity index (χ0n) is 14.8. The van der Waals surface area contributed by atoms with Crippen molar-refractivity contribution < 1.29 is 19.1 Å². The van der Waals surface area contributed by atoms with E-state index in [9.17, 15) is 14.4 Å². The van der Waals surface area contributed by atoms with Crippen molar-refractivity contribution in [3.8, 4) is 0 Å². The summed E-state index contributed by atoms with van der Waals surface area (Å²) in [5.74, 6) is -0.288. The molecule has 3 amide bonds. The maximum Gasteiger partial charge on any atom is 0.409 e. The van der Waals surface area contributed by atoms with Crippen molar-refractivity contribution in [2.75, 3.05) is 26.2 Å². The van der Waals surface area contributed by atoms with Gasteiger partial charge in [0.25, 0.3) is 0 Å². The van der Waals surface area contributed by atoms with Gasteiger partial charge in [-0.25, -0.2) is 4.79 Å². The summed E-state index contributed by atoms with van der Waals surface area (Å²) in [5.41, 5.74) is -0.327. The number of ether oxygens (including phenoxy) is 1. The maximum absolute atomic E-state index is 12.1. The molecule has 1 aliphatic rings. The minimum atomic E-state index is -0.327. The highest BCUT2D eigenvalue weighted by atomic mass is 16.6. The monoisotopic (exact) mass is 327 g/mol. The van der Waals surface area contributed by atoms with Crippen LogP contribution in [-0.2, 0) is 14.3 Å². The SMILES string of the molecule is CCOC(=O)N1CCC(N(CC(=O)NC(C)(C)C)C(C)=O)CC1. The number of carbonyl (C=O) groups excluding carboxylic acids is 3. The summed E-state index contributed by atoms with van der Waals surface area (Å²) in [6, 6.07) is -0.0242. The Morgan fingerprint density at radius 3 is 2.22 bits per heavy atom. The van der Waals surface area contributed by atoms with E-state index in [1.165, 1.54) is 6.92 Å². The lowest BCUT2D eigenvalue weighted by atomic mass is 10.0. The molecular formula is C16H29N3O4. The fourth-order valence-electron chi connectivity index (χ4n) is 2.68. The molecule has 1 N–H and O–H groups in total. The predicted molar refractivity (Wildman–Crippen MR) is 86.9 cm³/mol. The topological polar surface area (TPSA) is 79.0 Å². The van der Waals surface area contributed by atoms with E-state index in [1.807, 2.05) is 20.8 Å². The summed E-state index contributed by atoms with van der Waals surface area (Å²) in [6.07, 6.45) is 0.994. The predicted octanol–water partition coefficient (Wildman–Crippen LogP) is 1.37. The first kappa shape index (κ1) is 19.3. The lowest BCUT2D eigenvalue weighted by Gasteiger charge is -2.37. The Hall–Kier alpha value is -1.79. The molecule has 0 saturated carbocycles. The van der Waals surface area contributed by atoms with Crippen molar-refractivity contribution >= 4 is 17.9 Å². The largest absolute Gasteiger partial charge is 0.450 e. The van der Waals surface area contributed by atoms with Crippen molar-refractivity contribution in [3.05, 3.63) is 0 Å². The van der Waals surface area contributed by atoms with E-state index in [4.69, 9.17) is 4.74 Å². The fraction of sp³-hybridized carbons (Fsp3) is 0.812. The van der Waals surface area contributed by atoms with Crippen molar-refractivity contribution in [2.45, 2.75) is 59.0 Å². The van der Waals surface area contributed by atoms with Gasteiger partial charge in [-0.2, -0.15) is 0 Å². The molecule has 0 unspecified atom stereocenters. The van der Waals surface area contributed by atoms with Gasteiger partial charge in [-0.05, 0) is 40.5 Å². The number of nitrogens with one attached hydrogen (secondary N) is 1. The number of amides is 3. The average Bonchev–Trinajstić information content (AvgIpc) is 2.43. The lowest BCUT2D eigenvalue weighted by molar-refractivity contribution is -0.138. The number of carbonyl (C=O) groups is 3. The quantitative estimate of drug-likeness (QED) is 0.846. The molecule has 0 aromatic carbocycles. The van der Waals surface area contributed by atoms with Gasteiger partial charge >= 0.3 is 6.09 Å². The summed E-state index contributed by atoms with van der Waals surface area (Å²) in [5, 5.41) is 2.87. The van der Waals surface area contributed by atoms with Crippen molar-refractivity contribution in [1.82, 2.24) is 15.1 Å². The van der Waals surface area contributed by atoms with Crippen molar-refractivity contribution in [3.63, 3.8) is 0 Å². The third-order valence-electron chi connectivity index (χ3n) is 3.66. The van der Waals surface area contributed by atoms with Gasteiger partial charge < -0.3 is 19.9 Å². The standard InChI is InChI=1S/C16H29N3O4/c1-6-23-15(22)18-9-7-13(8-10-18)19(12(2)20)11-14(21)17-16(3,4)5/h13H,6-11H2,1-5H3,(H,17,21). The molecule has 0 bridgehead atoms. The number of nitrogens with zero attached hydrogens (tertiary/aromatic N) is 2. The Kier molecular flexibility index (Phi) is 6.84. The Bertz CT molecular complexity index is 437. The second-order valence-corrected chi connectivity index (χ2v) is 6.86. The fourth-order valence-corrected chi connectivity index (χ4v) is 2.68. The van der Waals surface area contributed by atoms with Crippen molar-refractivity contribution in [2.24, 2.45) is 0 Å². The molecule has 0 aliphatic carbocycles. The van der Waals surface area contributed by atoms with E-state index in [2.05, 4.69) is 5.32 Å². The van der Waals surface area contributed by atoms with Crippen LogP contribution < -0.4 is 5.32 Å². The first-order valence-corrected chi connectivity index (χ1v) is 8.14. The highest BCUT2D eigenvalue weighted by molar-refractivity contribution is 5.84. The second-order valence-electron chi connectivity index (χ2n) is 6.86. The molecule has 7 nitrogen and oxygen atoms in total. The average molecular weight is 327 g/mol. The highest BCUT2D eigenvalue weighted by Crippen LogP contribution is 2.17. The third kappa shape index (κ3) is 6.46. The minimum absolute atomic E-state index is 0.0242. The number of hydrogen-bond donors (Lipinski definition) is 1.